The molecule has 5 nitrogen and oxygen atoms in total. The van der Waals surface area contributed by atoms with Crippen molar-refractivity contribution in [1.29, 1.82) is 0 Å². The molecule has 0 aliphatic heterocycles. The molecule has 196 valence electrons. The molecule has 1 aromatic carbocycles. The third kappa shape index (κ3) is 13.5. The second-order valence-corrected chi connectivity index (χ2v) is 9.53. The maximum Gasteiger partial charge on any atom is 0.339 e. The van der Waals surface area contributed by atoms with Crippen molar-refractivity contribution in [1.82, 2.24) is 5.32 Å². The number of hydrogen-bond donors (Lipinski definition) is 2. The van der Waals surface area contributed by atoms with Crippen LogP contribution in [0.1, 0.15) is 96.8 Å². The molecule has 0 saturated heterocycles. The van der Waals surface area contributed by atoms with Crippen LogP contribution in [0.4, 0.5) is 0 Å². The molecule has 0 bridgehead atoms. The molecule has 0 aliphatic carbocycles. The molecule has 2 rings (SSSR count). The van der Waals surface area contributed by atoms with Crippen molar-refractivity contribution in [3.8, 4) is 5.75 Å². The highest BCUT2D eigenvalue weighted by atomic mass is 16.5. The predicted molar refractivity (Wildman–Crippen MR) is 146 cm³/mol. The summed E-state index contributed by atoms with van der Waals surface area (Å²) in [5, 5.41) is 14.2. The van der Waals surface area contributed by atoms with E-state index in [2.05, 4.69) is 24.4 Å². The van der Waals surface area contributed by atoms with Crippen LogP contribution in [0.5, 0.6) is 5.75 Å². The van der Waals surface area contributed by atoms with Crippen LogP contribution in [0.3, 0.4) is 0 Å². The van der Waals surface area contributed by atoms with E-state index in [0.717, 1.165) is 18.4 Å². The van der Waals surface area contributed by atoms with E-state index in [0.29, 0.717) is 17.9 Å². The van der Waals surface area contributed by atoms with Gasteiger partial charge in [-0.2, -0.15) is 0 Å². The molecule has 5 heteroatoms. The lowest BCUT2D eigenvalue weighted by atomic mass is 10.1. The fraction of sp³-hybridized carbons (Fsp3) is 0.633. The molecule has 0 radical (unpaired) electrons. The van der Waals surface area contributed by atoms with Crippen molar-refractivity contribution in [3.63, 3.8) is 0 Å². The molecule has 0 aliphatic rings. The van der Waals surface area contributed by atoms with Crippen LogP contribution >= 0.6 is 0 Å². The summed E-state index contributed by atoms with van der Waals surface area (Å²) >= 11 is 0. The number of allylic oxidation sites excluding steroid dienone is 2. The van der Waals surface area contributed by atoms with Crippen LogP contribution in [0.2, 0.25) is 0 Å². The quantitative estimate of drug-likeness (QED) is 0.111. The van der Waals surface area contributed by atoms with Gasteiger partial charge >= 0.3 is 5.63 Å². The van der Waals surface area contributed by atoms with Crippen molar-refractivity contribution in [3.05, 3.63) is 52.9 Å². The van der Waals surface area contributed by atoms with E-state index < -0.39 is 11.7 Å². The molecule has 0 fully saturated rings. The van der Waals surface area contributed by atoms with Gasteiger partial charge in [0.05, 0.1) is 11.5 Å². The Hall–Kier alpha value is -2.11. The zero-order chi connectivity index (χ0) is 25.0. The first-order valence-electron chi connectivity index (χ1n) is 13.9. The lowest BCUT2D eigenvalue weighted by molar-refractivity contribution is 0.107. The second-order valence-electron chi connectivity index (χ2n) is 9.53. The van der Waals surface area contributed by atoms with Gasteiger partial charge in [-0.15, -0.1) is 0 Å². The first-order valence-corrected chi connectivity index (χ1v) is 13.9. The van der Waals surface area contributed by atoms with Crippen LogP contribution < -0.4 is 15.7 Å². The Bertz CT molecular complexity index is 876. The van der Waals surface area contributed by atoms with E-state index in [4.69, 9.17) is 9.15 Å². The van der Waals surface area contributed by atoms with Crippen LogP contribution in [-0.2, 0) is 0 Å². The Morgan fingerprint density at radius 2 is 1.54 bits per heavy atom. The number of hydrogen-bond acceptors (Lipinski definition) is 5. The van der Waals surface area contributed by atoms with Gasteiger partial charge < -0.3 is 19.6 Å². The number of ether oxygens (including phenoxy) is 1. The van der Waals surface area contributed by atoms with Crippen LogP contribution in [0.25, 0.3) is 11.0 Å². The van der Waals surface area contributed by atoms with Crippen molar-refractivity contribution in [2.45, 2.75) is 103 Å². The molecule has 2 N–H and O–H groups in total. The molecular weight excluding hydrogens is 438 g/mol. The summed E-state index contributed by atoms with van der Waals surface area (Å²) in [5.74, 6) is 0.448. The summed E-state index contributed by atoms with van der Waals surface area (Å²) in [6.07, 6.45) is 22.4. The van der Waals surface area contributed by atoms with Crippen LogP contribution in [0.15, 0.2) is 51.7 Å². The third-order valence-electron chi connectivity index (χ3n) is 6.29. The fourth-order valence-electron chi connectivity index (χ4n) is 4.21. The van der Waals surface area contributed by atoms with Crippen molar-refractivity contribution < 1.29 is 14.3 Å². The molecule has 1 atom stereocenters. The number of aliphatic hydroxyl groups is 1. The molecule has 35 heavy (non-hydrogen) atoms. The smallest absolute Gasteiger partial charge is 0.339 e. The summed E-state index contributed by atoms with van der Waals surface area (Å²) in [6, 6.07) is 8.57. The fourth-order valence-corrected chi connectivity index (χ4v) is 4.21. The minimum atomic E-state index is -0.630. The van der Waals surface area contributed by atoms with Crippen molar-refractivity contribution >= 4 is 11.0 Å². The number of rotatable bonds is 21. The lowest BCUT2D eigenvalue weighted by Crippen LogP contribution is -2.32. The maximum atomic E-state index is 11.7. The zero-order valence-electron chi connectivity index (χ0n) is 21.8. The SMILES string of the molecule is CCCCCCCC/C=C/CCCCCCCCNCC(O)COc1cc(=O)oc2ccccc12. The van der Waals surface area contributed by atoms with Gasteiger partial charge in [-0.1, -0.05) is 89.0 Å². The maximum absolute atomic E-state index is 11.7. The number of aliphatic hydroxyl groups excluding tert-OH is 1. The van der Waals surface area contributed by atoms with Gasteiger partial charge in [0, 0.05) is 6.54 Å². The topological polar surface area (TPSA) is 71.7 Å². The Kier molecular flexibility index (Phi) is 15.9. The van der Waals surface area contributed by atoms with E-state index in [1.807, 2.05) is 18.2 Å². The summed E-state index contributed by atoms with van der Waals surface area (Å²) in [7, 11) is 0. The van der Waals surface area contributed by atoms with Gasteiger partial charge in [-0.25, -0.2) is 4.79 Å². The zero-order valence-corrected chi connectivity index (χ0v) is 21.8. The summed E-state index contributed by atoms with van der Waals surface area (Å²) in [5.41, 5.74) is 0.0360. The number of fused-ring (bicyclic) bond motifs is 1. The number of para-hydroxylation sites is 1. The summed E-state index contributed by atoms with van der Waals surface area (Å²) < 4.78 is 10.9. The number of unbranched alkanes of at least 4 members (excludes halogenated alkanes) is 12. The van der Waals surface area contributed by atoms with E-state index in [-0.39, 0.29) is 6.61 Å². The number of benzene rings is 1. The van der Waals surface area contributed by atoms with Gasteiger partial charge in [0.1, 0.15) is 24.0 Å². The van der Waals surface area contributed by atoms with Crippen molar-refractivity contribution in [2.24, 2.45) is 0 Å². The Labute approximate surface area is 212 Å². The average molecular weight is 486 g/mol. The highest BCUT2D eigenvalue weighted by Crippen LogP contribution is 2.23. The molecule has 0 spiro atoms. The van der Waals surface area contributed by atoms with Gasteiger partial charge in [-0.3, -0.25) is 0 Å². The van der Waals surface area contributed by atoms with E-state index in [9.17, 15) is 9.90 Å². The minimum absolute atomic E-state index is 0.133. The summed E-state index contributed by atoms with van der Waals surface area (Å²) in [6.45, 7) is 3.78. The molecule has 0 saturated carbocycles. The monoisotopic (exact) mass is 485 g/mol. The molecule has 0 amide bonds. The minimum Gasteiger partial charge on any atom is -0.490 e. The van der Waals surface area contributed by atoms with Crippen LogP contribution in [-0.4, -0.2) is 30.9 Å². The summed E-state index contributed by atoms with van der Waals surface area (Å²) in [4.78, 5) is 11.7. The van der Waals surface area contributed by atoms with Gasteiger partial charge in [0.15, 0.2) is 0 Å². The van der Waals surface area contributed by atoms with Gasteiger partial charge in [0.2, 0.25) is 0 Å². The molecule has 1 aromatic heterocycles. The number of nitrogens with one attached hydrogen (secondary N) is 1. The third-order valence-corrected chi connectivity index (χ3v) is 6.29. The van der Waals surface area contributed by atoms with E-state index >= 15 is 0 Å². The normalized spacial score (nSPS) is 12.5. The Balaban J connectivity index is 1.39. The van der Waals surface area contributed by atoms with E-state index in [1.165, 1.54) is 89.5 Å². The average Bonchev–Trinajstić information content (AvgIpc) is 2.86. The van der Waals surface area contributed by atoms with Crippen LogP contribution in [0, 0.1) is 0 Å². The van der Waals surface area contributed by atoms with Gasteiger partial charge in [0.25, 0.3) is 0 Å². The largest absolute Gasteiger partial charge is 0.490 e. The Morgan fingerprint density at radius 1 is 0.914 bits per heavy atom. The first-order chi connectivity index (χ1) is 17.2. The highest BCUT2D eigenvalue weighted by molar-refractivity contribution is 5.82. The molecular formula is C30H47NO4. The first kappa shape index (κ1) is 29.1. The van der Waals surface area contributed by atoms with Gasteiger partial charge in [-0.05, 0) is 50.8 Å². The van der Waals surface area contributed by atoms with E-state index in [1.54, 1.807) is 6.07 Å². The predicted octanol–water partition coefficient (Wildman–Crippen LogP) is 7.16. The highest BCUT2D eigenvalue weighted by Gasteiger charge is 2.09. The molecule has 1 heterocycles. The van der Waals surface area contributed by atoms with Crippen molar-refractivity contribution in [2.75, 3.05) is 19.7 Å². The lowest BCUT2D eigenvalue weighted by Gasteiger charge is -2.14. The second kappa shape index (κ2) is 19.1. The molecule has 1 unspecified atom stereocenters. The standard InChI is InChI=1S/C30H47NO4/c1-2-3-4-5-6-7-8-9-10-11-12-13-14-15-16-19-22-31-24-26(32)25-34-29-23-30(33)35-28-21-18-17-20-27(28)29/h9-10,17-18,20-21,23,26,31-32H,2-8,11-16,19,22,24-25H2,1H3/b10-9+. The Morgan fingerprint density at radius 3 is 2.26 bits per heavy atom. The molecule has 2 aromatic rings.